The Balaban J connectivity index is 1.81. The Morgan fingerprint density at radius 2 is 2.06 bits per heavy atom. The monoisotopic (exact) mass is 242 g/mol. The van der Waals surface area contributed by atoms with Crippen LogP contribution < -0.4 is 10.6 Å². The molecule has 0 spiro atoms. The average molecular weight is 242 g/mol. The molecule has 0 aromatic carbocycles. The van der Waals surface area contributed by atoms with E-state index in [1.165, 1.54) is 0 Å². The van der Waals surface area contributed by atoms with Crippen LogP contribution in [0, 0.1) is 5.92 Å². The van der Waals surface area contributed by atoms with Gasteiger partial charge in [0, 0.05) is 39.3 Å². The summed E-state index contributed by atoms with van der Waals surface area (Å²) >= 11 is 4.89. The molecule has 0 aliphatic carbocycles. The second-order valence-corrected chi connectivity index (χ2v) is 4.91. The maximum absolute atomic E-state index is 11.7. The first-order valence-corrected chi connectivity index (χ1v) is 6.05. The van der Waals surface area contributed by atoms with Crippen LogP contribution >= 0.6 is 12.2 Å². The third-order valence-corrected chi connectivity index (χ3v) is 3.44. The molecule has 5 nitrogen and oxygen atoms in total. The Kier molecular flexibility index (Phi) is 3.73. The van der Waals surface area contributed by atoms with Crippen LogP contribution in [0.2, 0.25) is 0 Å². The first-order chi connectivity index (χ1) is 7.65. The topological polar surface area (TPSA) is 47.6 Å². The number of thiocarbonyl (C=S) groups is 1. The second kappa shape index (κ2) is 5.07. The summed E-state index contributed by atoms with van der Waals surface area (Å²) in [5.74, 6) is 0.0813. The minimum atomic E-state index is 0.0232. The predicted molar refractivity (Wildman–Crippen MR) is 66.2 cm³/mol. The molecule has 2 fully saturated rings. The Labute approximate surface area is 101 Å². The zero-order valence-electron chi connectivity index (χ0n) is 9.53. The van der Waals surface area contributed by atoms with E-state index in [0.717, 1.165) is 32.7 Å². The summed E-state index contributed by atoms with van der Waals surface area (Å²) in [6, 6.07) is 0. The number of carbonyl (C=O) groups excluding carboxylic acids is 1. The van der Waals surface area contributed by atoms with Crippen molar-refractivity contribution in [1.82, 2.24) is 20.4 Å². The van der Waals surface area contributed by atoms with Gasteiger partial charge in [0.2, 0.25) is 5.91 Å². The number of hydrogen-bond acceptors (Lipinski definition) is 4. The molecule has 0 bridgehead atoms. The van der Waals surface area contributed by atoms with Crippen molar-refractivity contribution in [1.29, 1.82) is 0 Å². The predicted octanol–water partition coefficient (Wildman–Crippen LogP) is -1.15. The van der Waals surface area contributed by atoms with Gasteiger partial charge < -0.3 is 15.5 Å². The molecule has 16 heavy (non-hydrogen) atoms. The van der Waals surface area contributed by atoms with Gasteiger partial charge in [0.1, 0.15) is 0 Å². The average Bonchev–Trinajstić information content (AvgIpc) is 2.25. The van der Waals surface area contributed by atoms with Gasteiger partial charge in [0.15, 0.2) is 5.11 Å². The fourth-order valence-corrected chi connectivity index (χ4v) is 2.24. The Bertz CT molecular complexity index is 289. The highest BCUT2D eigenvalue weighted by molar-refractivity contribution is 7.80. The molecule has 0 saturated carbocycles. The zero-order valence-corrected chi connectivity index (χ0v) is 10.3. The summed E-state index contributed by atoms with van der Waals surface area (Å²) in [6.07, 6.45) is 0. The van der Waals surface area contributed by atoms with Gasteiger partial charge >= 0.3 is 0 Å². The fraction of sp³-hybridized carbons (Fsp3) is 0.800. The maximum atomic E-state index is 11.7. The highest BCUT2D eigenvalue weighted by Crippen LogP contribution is 2.06. The summed E-state index contributed by atoms with van der Waals surface area (Å²) in [5, 5.41) is 6.15. The lowest BCUT2D eigenvalue weighted by molar-refractivity contribution is -0.124. The van der Waals surface area contributed by atoms with E-state index in [4.69, 9.17) is 12.2 Å². The summed E-state index contributed by atoms with van der Waals surface area (Å²) in [5.41, 5.74) is 0. The Morgan fingerprint density at radius 3 is 2.69 bits per heavy atom. The smallest absolute Gasteiger partial charge is 0.232 e. The molecule has 0 aromatic heterocycles. The minimum Gasteiger partial charge on any atom is -0.362 e. The van der Waals surface area contributed by atoms with Crippen LogP contribution in [0.4, 0.5) is 0 Å². The molecule has 2 aliphatic heterocycles. The molecule has 0 radical (unpaired) electrons. The minimum absolute atomic E-state index is 0.0232. The molecule has 0 aromatic rings. The quantitative estimate of drug-likeness (QED) is 0.599. The normalized spacial score (nSPS) is 28.7. The van der Waals surface area contributed by atoms with Gasteiger partial charge in [0.05, 0.1) is 5.92 Å². The SMILES string of the molecule is CN1CCN(CC2CNC(=S)NC2=O)CC1. The number of rotatable bonds is 2. The summed E-state index contributed by atoms with van der Waals surface area (Å²) in [6.45, 7) is 5.75. The van der Waals surface area contributed by atoms with E-state index in [1.807, 2.05) is 0 Å². The third-order valence-electron chi connectivity index (χ3n) is 3.19. The third kappa shape index (κ3) is 2.90. The molecule has 1 atom stereocenters. The van der Waals surface area contributed by atoms with Crippen molar-refractivity contribution in [3.05, 3.63) is 0 Å². The van der Waals surface area contributed by atoms with Crippen LogP contribution in [0.3, 0.4) is 0 Å². The lowest BCUT2D eigenvalue weighted by Crippen LogP contribution is -2.56. The Hall–Kier alpha value is -0.720. The largest absolute Gasteiger partial charge is 0.362 e. The van der Waals surface area contributed by atoms with Gasteiger partial charge in [0.25, 0.3) is 0 Å². The van der Waals surface area contributed by atoms with Crippen molar-refractivity contribution in [3.8, 4) is 0 Å². The van der Waals surface area contributed by atoms with E-state index >= 15 is 0 Å². The standard InChI is InChI=1S/C10H18N4OS/c1-13-2-4-14(5-3-13)7-8-6-11-10(16)12-9(8)15/h8H,2-7H2,1H3,(H2,11,12,15,16). The van der Waals surface area contributed by atoms with Crippen LogP contribution in [-0.2, 0) is 4.79 Å². The van der Waals surface area contributed by atoms with Gasteiger partial charge in [-0.05, 0) is 19.3 Å². The molecule has 1 unspecified atom stereocenters. The molecule has 2 rings (SSSR count). The first kappa shape index (κ1) is 11.8. The van der Waals surface area contributed by atoms with Crippen molar-refractivity contribution in [2.45, 2.75) is 0 Å². The van der Waals surface area contributed by atoms with Crippen molar-refractivity contribution < 1.29 is 4.79 Å². The molecule has 2 heterocycles. The van der Waals surface area contributed by atoms with Gasteiger partial charge in [-0.3, -0.25) is 9.69 Å². The van der Waals surface area contributed by atoms with Crippen LogP contribution in [0.15, 0.2) is 0 Å². The van der Waals surface area contributed by atoms with Crippen molar-refractivity contribution >= 4 is 23.2 Å². The highest BCUT2D eigenvalue weighted by Gasteiger charge is 2.27. The number of carbonyl (C=O) groups is 1. The maximum Gasteiger partial charge on any atom is 0.232 e. The van der Waals surface area contributed by atoms with Gasteiger partial charge in [-0.25, -0.2) is 0 Å². The van der Waals surface area contributed by atoms with E-state index in [2.05, 4.69) is 27.5 Å². The number of amides is 1. The molecule has 1 amide bonds. The van der Waals surface area contributed by atoms with Crippen LogP contribution in [0.5, 0.6) is 0 Å². The zero-order chi connectivity index (χ0) is 11.5. The summed E-state index contributed by atoms with van der Waals surface area (Å²) in [4.78, 5) is 16.3. The molecular formula is C10H18N4OS. The number of nitrogens with zero attached hydrogens (tertiary/aromatic N) is 2. The van der Waals surface area contributed by atoms with Crippen molar-refractivity contribution in [2.24, 2.45) is 5.92 Å². The van der Waals surface area contributed by atoms with E-state index in [-0.39, 0.29) is 11.8 Å². The van der Waals surface area contributed by atoms with E-state index in [9.17, 15) is 4.79 Å². The first-order valence-electron chi connectivity index (χ1n) is 5.65. The highest BCUT2D eigenvalue weighted by atomic mass is 32.1. The van der Waals surface area contributed by atoms with E-state index in [0.29, 0.717) is 11.7 Å². The molecule has 6 heteroatoms. The number of nitrogens with one attached hydrogen (secondary N) is 2. The fourth-order valence-electron chi connectivity index (χ4n) is 2.06. The molecule has 2 saturated heterocycles. The van der Waals surface area contributed by atoms with Crippen LogP contribution in [-0.4, -0.2) is 67.1 Å². The van der Waals surface area contributed by atoms with Gasteiger partial charge in [-0.15, -0.1) is 0 Å². The van der Waals surface area contributed by atoms with E-state index in [1.54, 1.807) is 0 Å². The lowest BCUT2D eigenvalue weighted by atomic mass is 10.1. The van der Waals surface area contributed by atoms with Crippen molar-refractivity contribution in [2.75, 3.05) is 46.3 Å². The number of piperazine rings is 1. The summed E-state index contributed by atoms with van der Waals surface area (Å²) < 4.78 is 0. The second-order valence-electron chi connectivity index (χ2n) is 4.50. The van der Waals surface area contributed by atoms with Crippen LogP contribution in [0.1, 0.15) is 0 Å². The van der Waals surface area contributed by atoms with Gasteiger partial charge in [-0.1, -0.05) is 0 Å². The number of hydrogen-bond donors (Lipinski definition) is 2. The lowest BCUT2D eigenvalue weighted by Gasteiger charge is -2.35. The van der Waals surface area contributed by atoms with E-state index < -0.39 is 0 Å². The van der Waals surface area contributed by atoms with Gasteiger partial charge in [-0.2, -0.15) is 0 Å². The van der Waals surface area contributed by atoms with Crippen molar-refractivity contribution in [3.63, 3.8) is 0 Å². The number of likely N-dealkylation sites (N-methyl/N-ethyl adjacent to an activating group) is 1. The Morgan fingerprint density at radius 1 is 1.38 bits per heavy atom. The molecule has 90 valence electrons. The summed E-state index contributed by atoms with van der Waals surface area (Å²) in [7, 11) is 2.13. The molecule has 2 aliphatic rings. The van der Waals surface area contributed by atoms with Crippen LogP contribution in [0.25, 0.3) is 0 Å². The molecular weight excluding hydrogens is 224 g/mol. The molecule has 2 N–H and O–H groups in total.